The Morgan fingerprint density at radius 1 is 1.03 bits per heavy atom. The lowest BCUT2D eigenvalue weighted by molar-refractivity contribution is -0.163. The SMILES string of the molecule is COC(=O)N1C(C(F)(F)F)C=C(NS(=O)(=O)c2ccccc2)N1c1ccccc1. The van der Waals surface area contributed by atoms with Gasteiger partial charge in [-0.1, -0.05) is 36.4 Å². The highest BCUT2D eigenvalue weighted by atomic mass is 32.2. The summed E-state index contributed by atoms with van der Waals surface area (Å²) in [7, 11) is -3.28. The van der Waals surface area contributed by atoms with E-state index in [0.29, 0.717) is 11.1 Å². The number of para-hydroxylation sites is 1. The molecule has 0 saturated heterocycles. The molecule has 1 amide bonds. The lowest BCUT2D eigenvalue weighted by atomic mass is 10.3. The quantitative estimate of drug-likeness (QED) is 0.811. The van der Waals surface area contributed by atoms with Crippen LogP contribution in [0.4, 0.5) is 23.7 Å². The molecule has 2 aromatic carbocycles. The summed E-state index contributed by atoms with van der Waals surface area (Å²) in [6, 6.07) is 12.3. The molecule has 1 heterocycles. The molecule has 1 aliphatic rings. The minimum Gasteiger partial charge on any atom is -0.451 e. The van der Waals surface area contributed by atoms with Crippen LogP contribution >= 0.6 is 0 Å². The van der Waals surface area contributed by atoms with Gasteiger partial charge in [0, 0.05) is 0 Å². The number of nitrogens with zero attached hydrogens (tertiary/aromatic N) is 2. The normalized spacial score (nSPS) is 17.1. The molecule has 1 aliphatic heterocycles. The third-order valence-corrected chi connectivity index (χ3v) is 5.38. The average molecular weight is 427 g/mol. The molecule has 1 N–H and O–H groups in total. The molecule has 1 atom stereocenters. The van der Waals surface area contributed by atoms with Crippen LogP contribution in [0, 0.1) is 0 Å². The van der Waals surface area contributed by atoms with Gasteiger partial charge in [0.15, 0.2) is 6.04 Å². The molecule has 154 valence electrons. The Labute approximate surface area is 165 Å². The van der Waals surface area contributed by atoms with Crippen LogP contribution in [-0.4, -0.2) is 38.8 Å². The van der Waals surface area contributed by atoms with Gasteiger partial charge in [-0.25, -0.2) is 18.2 Å². The van der Waals surface area contributed by atoms with Crippen molar-refractivity contribution in [3.8, 4) is 0 Å². The van der Waals surface area contributed by atoms with E-state index in [1.807, 2.05) is 0 Å². The molecule has 0 aromatic heterocycles. The number of methoxy groups -OCH3 is 1. The van der Waals surface area contributed by atoms with E-state index in [1.54, 1.807) is 12.1 Å². The molecule has 3 rings (SSSR count). The first kappa shape index (κ1) is 20.5. The van der Waals surface area contributed by atoms with E-state index in [2.05, 4.69) is 9.46 Å². The van der Waals surface area contributed by atoms with Crippen molar-refractivity contribution < 1.29 is 31.1 Å². The van der Waals surface area contributed by atoms with Gasteiger partial charge >= 0.3 is 12.3 Å². The third kappa shape index (κ3) is 4.14. The van der Waals surface area contributed by atoms with Crippen LogP contribution in [0.5, 0.6) is 0 Å². The molecular formula is C18H16F3N3O4S. The number of anilines is 1. The summed E-state index contributed by atoms with van der Waals surface area (Å²) in [5.74, 6) is -0.451. The predicted octanol–water partition coefficient (Wildman–Crippen LogP) is 3.24. The summed E-state index contributed by atoms with van der Waals surface area (Å²) in [5, 5.41) is 1.13. The lowest BCUT2D eigenvalue weighted by Gasteiger charge is -2.34. The minimum atomic E-state index is -4.87. The Bertz CT molecular complexity index is 1010. The maximum absolute atomic E-state index is 13.6. The van der Waals surface area contributed by atoms with Crippen LogP contribution in [0.1, 0.15) is 0 Å². The summed E-state index contributed by atoms with van der Waals surface area (Å²) in [4.78, 5) is 12.0. The molecule has 0 saturated carbocycles. The monoisotopic (exact) mass is 427 g/mol. The second-order valence-electron chi connectivity index (χ2n) is 5.92. The standard InChI is InChI=1S/C18H16F3N3O4S/c1-28-17(25)24-15(18(19,20)21)12-16(23(24)13-8-4-2-5-9-13)22-29(26,27)14-10-6-3-7-11-14/h2-12,15,22H,1H3. The van der Waals surface area contributed by atoms with Crippen LogP contribution in [0.25, 0.3) is 0 Å². The van der Waals surface area contributed by atoms with Gasteiger partial charge in [-0.2, -0.15) is 18.2 Å². The number of nitrogens with one attached hydrogen (secondary N) is 1. The van der Waals surface area contributed by atoms with Crippen molar-refractivity contribution >= 4 is 21.8 Å². The highest BCUT2D eigenvalue weighted by Crippen LogP contribution is 2.37. The lowest BCUT2D eigenvalue weighted by Crippen LogP contribution is -2.53. The number of carbonyl (C=O) groups excluding carboxylic acids is 1. The number of amides is 1. The number of carbonyl (C=O) groups is 1. The first-order valence-corrected chi connectivity index (χ1v) is 9.72. The van der Waals surface area contributed by atoms with Crippen molar-refractivity contribution in [2.24, 2.45) is 0 Å². The molecule has 0 aliphatic carbocycles. The van der Waals surface area contributed by atoms with Crippen molar-refractivity contribution in [3.05, 3.63) is 72.6 Å². The Morgan fingerprint density at radius 2 is 1.59 bits per heavy atom. The molecule has 0 bridgehead atoms. The van der Waals surface area contributed by atoms with E-state index < -0.39 is 34.2 Å². The zero-order valence-corrected chi connectivity index (χ0v) is 15.8. The van der Waals surface area contributed by atoms with Crippen molar-refractivity contribution in [1.82, 2.24) is 9.73 Å². The highest BCUT2D eigenvalue weighted by Gasteiger charge is 2.52. The number of ether oxygens (including phenoxy) is 1. The smallest absolute Gasteiger partial charge is 0.429 e. The van der Waals surface area contributed by atoms with Gasteiger partial charge in [0.05, 0.1) is 17.7 Å². The number of hydrogen-bond donors (Lipinski definition) is 1. The van der Waals surface area contributed by atoms with Crippen molar-refractivity contribution in [3.63, 3.8) is 0 Å². The van der Waals surface area contributed by atoms with E-state index in [1.165, 1.54) is 48.5 Å². The summed E-state index contributed by atoms with van der Waals surface area (Å²) < 4.78 is 72.9. The first-order chi connectivity index (χ1) is 13.6. The fourth-order valence-electron chi connectivity index (χ4n) is 2.76. The molecule has 29 heavy (non-hydrogen) atoms. The first-order valence-electron chi connectivity index (χ1n) is 8.24. The Hall–Kier alpha value is -3.21. The van der Waals surface area contributed by atoms with Crippen LogP contribution in [0.2, 0.25) is 0 Å². The Morgan fingerprint density at radius 3 is 2.10 bits per heavy atom. The van der Waals surface area contributed by atoms with Gasteiger partial charge in [-0.15, -0.1) is 0 Å². The third-order valence-electron chi connectivity index (χ3n) is 4.01. The van der Waals surface area contributed by atoms with E-state index in [0.717, 1.165) is 12.1 Å². The van der Waals surface area contributed by atoms with Gasteiger partial charge in [0.25, 0.3) is 10.0 Å². The van der Waals surface area contributed by atoms with Crippen molar-refractivity contribution in [1.29, 1.82) is 0 Å². The van der Waals surface area contributed by atoms with Crippen LogP contribution in [0.3, 0.4) is 0 Å². The molecule has 0 spiro atoms. The second-order valence-corrected chi connectivity index (χ2v) is 7.60. The van der Waals surface area contributed by atoms with E-state index >= 15 is 0 Å². The van der Waals surface area contributed by atoms with E-state index in [9.17, 15) is 26.4 Å². The molecule has 0 fully saturated rings. The van der Waals surface area contributed by atoms with Gasteiger partial charge in [0.1, 0.15) is 5.82 Å². The number of rotatable bonds is 4. The van der Waals surface area contributed by atoms with Crippen LogP contribution in [0.15, 0.2) is 77.5 Å². The maximum Gasteiger partial charge on any atom is 0.429 e. The Balaban J connectivity index is 2.10. The van der Waals surface area contributed by atoms with Gasteiger partial charge < -0.3 is 4.74 Å². The average Bonchev–Trinajstić information content (AvgIpc) is 3.07. The van der Waals surface area contributed by atoms with Gasteiger partial charge in [0.2, 0.25) is 0 Å². The fraction of sp³-hybridized carbons (Fsp3) is 0.167. The number of hydrogen-bond acceptors (Lipinski definition) is 5. The minimum absolute atomic E-state index is 0.131. The number of sulfonamides is 1. The number of benzene rings is 2. The molecular weight excluding hydrogens is 411 g/mol. The zero-order chi connectivity index (χ0) is 21.2. The van der Waals surface area contributed by atoms with Crippen molar-refractivity contribution in [2.75, 3.05) is 12.1 Å². The fourth-order valence-corrected chi connectivity index (χ4v) is 3.82. The molecule has 0 radical (unpaired) electrons. The largest absolute Gasteiger partial charge is 0.451 e. The van der Waals surface area contributed by atoms with Crippen LogP contribution < -0.4 is 9.73 Å². The van der Waals surface area contributed by atoms with E-state index in [4.69, 9.17) is 0 Å². The second kappa shape index (κ2) is 7.66. The summed E-state index contributed by atoms with van der Waals surface area (Å²) >= 11 is 0. The predicted molar refractivity (Wildman–Crippen MR) is 97.9 cm³/mol. The number of halogens is 3. The molecule has 7 nitrogen and oxygen atoms in total. The zero-order valence-electron chi connectivity index (χ0n) is 15.0. The molecule has 1 unspecified atom stereocenters. The van der Waals surface area contributed by atoms with Gasteiger partial charge in [-0.3, -0.25) is 4.72 Å². The summed E-state index contributed by atoms with van der Waals surface area (Å²) in [5.41, 5.74) is 0.131. The number of hydrazine groups is 1. The Kier molecular flexibility index (Phi) is 5.42. The maximum atomic E-state index is 13.6. The van der Waals surface area contributed by atoms with Crippen molar-refractivity contribution in [2.45, 2.75) is 17.1 Å². The van der Waals surface area contributed by atoms with E-state index in [-0.39, 0.29) is 10.6 Å². The molecule has 11 heteroatoms. The highest BCUT2D eigenvalue weighted by molar-refractivity contribution is 7.89. The summed E-state index contributed by atoms with van der Waals surface area (Å²) in [6.07, 6.45) is -5.56. The number of alkyl halides is 3. The topological polar surface area (TPSA) is 79.0 Å². The van der Waals surface area contributed by atoms with Crippen LogP contribution in [-0.2, 0) is 14.8 Å². The molecule has 2 aromatic rings. The van der Waals surface area contributed by atoms with Gasteiger partial charge in [-0.05, 0) is 30.3 Å². The summed E-state index contributed by atoms with van der Waals surface area (Å²) in [6.45, 7) is 0.